The average Bonchev–Trinajstić information content (AvgIpc) is 3.18. The molecule has 2 aromatic carbocycles. The third-order valence-corrected chi connectivity index (χ3v) is 5.62. The lowest BCUT2D eigenvalue weighted by molar-refractivity contribution is 0.0328. The van der Waals surface area contributed by atoms with Crippen molar-refractivity contribution in [1.82, 2.24) is 4.90 Å². The zero-order chi connectivity index (χ0) is 18.1. The highest BCUT2D eigenvalue weighted by molar-refractivity contribution is 5.89. The monoisotopic (exact) mass is 347 g/mol. The number of nitrogens with zero attached hydrogens (tertiary/aromatic N) is 2. The van der Waals surface area contributed by atoms with E-state index in [1.54, 1.807) is 24.3 Å². The third-order valence-electron chi connectivity index (χ3n) is 5.62. The first kappa shape index (κ1) is 16.6. The Morgan fingerprint density at radius 2 is 1.81 bits per heavy atom. The number of hydrogen-bond donors (Lipinski definition) is 2. The first-order valence-electron chi connectivity index (χ1n) is 8.91. The van der Waals surface area contributed by atoms with Crippen LogP contribution in [0.1, 0.15) is 24.0 Å². The fraction of sp³-hybridized carbons (Fsp3) is 0.333. The fourth-order valence-electron chi connectivity index (χ4n) is 4.37. The maximum Gasteiger partial charge on any atom is 0.321 e. The quantitative estimate of drug-likeness (QED) is 0.875. The van der Waals surface area contributed by atoms with Crippen LogP contribution in [0.2, 0.25) is 0 Å². The number of urea groups is 1. The Bertz CT molecular complexity index is 845. The van der Waals surface area contributed by atoms with E-state index >= 15 is 0 Å². The van der Waals surface area contributed by atoms with Crippen LogP contribution in [0.5, 0.6) is 0 Å². The molecule has 26 heavy (non-hydrogen) atoms. The van der Waals surface area contributed by atoms with E-state index in [0.29, 0.717) is 49.0 Å². The number of hydrogen-bond acceptors (Lipinski definition) is 3. The van der Waals surface area contributed by atoms with E-state index in [4.69, 9.17) is 5.26 Å². The molecule has 2 fully saturated rings. The highest BCUT2D eigenvalue weighted by Crippen LogP contribution is 2.48. The van der Waals surface area contributed by atoms with Gasteiger partial charge in [0, 0.05) is 18.8 Å². The summed E-state index contributed by atoms with van der Waals surface area (Å²) in [6.07, 6.45) is 1.38. The van der Waals surface area contributed by atoms with Gasteiger partial charge in [-0.2, -0.15) is 5.26 Å². The van der Waals surface area contributed by atoms with E-state index in [9.17, 15) is 9.90 Å². The van der Waals surface area contributed by atoms with Crippen molar-refractivity contribution in [1.29, 1.82) is 5.26 Å². The van der Waals surface area contributed by atoms with Crippen molar-refractivity contribution in [3.05, 3.63) is 65.7 Å². The van der Waals surface area contributed by atoms with Crippen LogP contribution in [0.25, 0.3) is 0 Å². The van der Waals surface area contributed by atoms with Gasteiger partial charge in [-0.25, -0.2) is 4.79 Å². The number of nitriles is 1. The summed E-state index contributed by atoms with van der Waals surface area (Å²) in [6, 6.07) is 18.7. The molecule has 2 aliphatic rings. The Morgan fingerprint density at radius 3 is 2.46 bits per heavy atom. The van der Waals surface area contributed by atoms with Crippen LogP contribution in [0.15, 0.2) is 54.6 Å². The van der Waals surface area contributed by atoms with Crippen molar-refractivity contribution < 1.29 is 9.90 Å². The highest BCUT2D eigenvalue weighted by Gasteiger charge is 2.49. The van der Waals surface area contributed by atoms with Gasteiger partial charge in [-0.1, -0.05) is 36.4 Å². The molecule has 132 valence electrons. The average molecular weight is 347 g/mol. The van der Waals surface area contributed by atoms with E-state index in [1.165, 1.54) is 0 Å². The summed E-state index contributed by atoms with van der Waals surface area (Å²) in [5.41, 5.74) is 1.35. The van der Waals surface area contributed by atoms with Crippen LogP contribution >= 0.6 is 0 Å². The van der Waals surface area contributed by atoms with Gasteiger partial charge in [0.25, 0.3) is 0 Å². The predicted molar refractivity (Wildman–Crippen MR) is 98.3 cm³/mol. The van der Waals surface area contributed by atoms with Crippen molar-refractivity contribution in [3.63, 3.8) is 0 Å². The minimum atomic E-state index is -0.777. The minimum absolute atomic E-state index is 0.141. The smallest absolute Gasteiger partial charge is 0.321 e. The number of amides is 2. The zero-order valence-corrected chi connectivity index (χ0v) is 14.4. The second-order valence-corrected chi connectivity index (χ2v) is 7.35. The molecular formula is C21H21N3O2. The van der Waals surface area contributed by atoms with Gasteiger partial charge in [0.15, 0.2) is 0 Å². The number of benzene rings is 2. The molecule has 1 aliphatic carbocycles. The van der Waals surface area contributed by atoms with Crippen LogP contribution in [0.4, 0.5) is 10.5 Å². The normalized spacial score (nSPS) is 27.0. The third kappa shape index (κ3) is 3.04. The highest BCUT2D eigenvalue weighted by atomic mass is 16.3. The second kappa shape index (κ2) is 6.47. The van der Waals surface area contributed by atoms with Crippen molar-refractivity contribution in [2.45, 2.75) is 18.4 Å². The first-order chi connectivity index (χ1) is 12.6. The largest absolute Gasteiger partial charge is 0.385 e. The lowest BCUT2D eigenvalue weighted by atomic mass is 9.90. The minimum Gasteiger partial charge on any atom is -0.385 e. The topological polar surface area (TPSA) is 76.4 Å². The number of rotatable bonds is 2. The van der Waals surface area contributed by atoms with Crippen LogP contribution in [-0.2, 0) is 5.60 Å². The van der Waals surface area contributed by atoms with E-state index in [0.717, 1.165) is 5.56 Å². The lowest BCUT2D eigenvalue weighted by Crippen LogP contribution is -2.35. The molecule has 0 spiro atoms. The Kier molecular flexibility index (Phi) is 4.14. The van der Waals surface area contributed by atoms with Gasteiger partial charge >= 0.3 is 6.03 Å². The van der Waals surface area contributed by atoms with Gasteiger partial charge in [0.2, 0.25) is 0 Å². The van der Waals surface area contributed by atoms with Gasteiger partial charge in [-0.3, -0.25) is 0 Å². The number of fused-ring (bicyclic) bond motifs is 1. The van der Waals surface area contributed by atoms with Gasteiger partial charge in [-0.05, 0) is 48.4 Å². The Balaban J connectivity index is 1.40. The summed E-state index contributed by atoms with van der Waals surface area (Å²) in [4.78, 5) is 14.4. The number of nitrogens with one attached hydrogen (secondary N) is 1. The SMILES string of the molecule is N#Cc1cccc(NC(=O)N2CC3CC(O)(c4ccccc4)CC3C2)c1. The van der Waals surface area contributed by atoms with E-state index < -0.39 is 5.60 Å². The molecule has 2 amide bonds. The molecule has 0 aromatic heterocycles. The van der Waals surface area contributed by atoms with Crippen molar-refractivity contribution in [2.24, 2.45) is 11.8 Å². The number of likely N-dealkylation sites (tertiary alicyclic amines) is 1. The molecule has 1 saturated carbocycles. The molecule has 2 aromatic rings. The Hall–Kier alpha value is -2.84. The van der Waals surface area contributed by atoms with Crippen molar-refractivity contribution >= 4 is 11.7 Å². The molecule has 2 unspecified atom stereocenters. The van der Waals surface area contributed by atoms with E-state index in [-0.39, 0.29) is 6.03 Å². The molecular weight excluding hydrogens is 326 g/mol. The molecule has 1 heterocycles. The number of aliphatic hydroxyl groups is 1. The molecule has 2 N–H and O–H groups in total. The number of anilines is 1. The predicted octanol–water partition coefficient (Wildman–Crippen LogP) is 3.32. The molecule has 1 aliphatic heterocycles. The Morgan fingerprint density at radius 1 is 1.12 bits per heavy atom. The summed E-state index contributed by atoms with van der Waals surface area (Å²) in [5, 5.41) is 22.9. The van der Waals surface area contributed by atoms with E-state index in [1.807, 2.05) is 35.2 Å². The fourth-order valence-corrected chi connectivity index (χ4v) is 4.37. The van der Waals surface area contributed by atoms with Crippen molar-refractivity contribution in [2.75, 3.05) is 18.4 Å². The summed E-state index contributed by atoms with van der Waals surface area (Å²) < 4.78 is 0. The van der Waals surface area contributed by atoms with Crippen LogP contribution < -0.4 is 5.32 Å². The van der Waals surface area contributed by atoms with Gasteiger partial charge < -0.3 is 15.3 Å². The van der Waals surface area contributed by atoms with Crippen LogP contribution in [0, 0.1) is 23.2 Å². The van der Waals surface area contributed by atoms with Gasteiger partial charge in [0.05, 0.1) is 17.2 Å². The number of carbonyl (C=O) groups excluding carboxylic acids is 1. The van der Waals surface area contributed by atoms with Crippen LogP contribution in [0.3, 0.4) is 0 Å². The van der Waals surface area contributed by atoms with Gasteiger partial charge in [-0.15, -0.1) is 0 Å². The summed E-state index contributed by atoms with van der Waals surface area (Å²) in [7, 11) is 0. The van der Waals surface area contributed by atoms with Crippen molar-refractivity contribution in [3.8, 4) is 6.07 Å². The molecule has 0 bridgehead atoms. The van der Waals surface area contributed by atoms with E-state index in [2.05, 4.69) is 11.4 Å². The first-order valence-corrected chi connectivity index (χ1v) is 8.91. The Labute approximate surface area is 152 Å². The standard InChI is InChI=1S/C21H21N3O2/c22-12-15-5-4-8-19(9-15)23-20(25)24-13-16-10-21(26,11-17(16)14-24)18-6-2-1-3-7-18/h1-9,16-17,26H,10-11,13-14H2,(H,23,25). The molecule has 5 nitrogen and oxygen atoms in total. The number of carbonyl (C=O) groups is 1. The summed E-state index contributed by atoms with van der Waals surface area (Å²) in [5.74, 6) is 0.632. The maximum atomic E-state index is 12.5. The molecule has 2 atom stereocenters. The lowest BCUT2D eigenvalue weighted by Gasteiger charge is -2.26. The molecule has 4 rings (SSSR count). The summed E-state index contributed by atoms with van der Waals surface area (Å²) >= 11 is 0. The van der Waals surface area contributed by atoms with Crippen LogP contribution in [-0.4, -0.2) is 29.1 Å². The second-order valence-electron chi connectivity index (χ2n) is 7.35. The zero-order valence-electron chi connectivity index (χ0n) is 14.4. The van der Waals surface area contributed by atoms with Gasteiger partial charge in [0.1, 0.15) is 0 Å². The maximum absolute atomic E-state index is 12.5. The molecule has 0 radical (unpaired) electrons. The molecule has 1 saturated heterocycles. The molecule has 5 heteroatoms. The summed E-state index contributed by atoms with van der Waals surface area (Å²) in [6.45, 7) is 1.31.